The molecule has 0 aliphatic rings. The maximum atomic E-state index is 11.9. The van der Waals surface area contributed by atoms with Crippen LogP contribution >= 0.6 is 23.2 Å². The van der Waals surface area contributed by atoms with E-state index in [4.69, 9.17) is 27.9 Å². The van der Waals surface area contributed by atoms with E-state index < -0.39 is 0 Å². The van der Waals surface area contributed by atoms with E-state index in [-0.39, 0.29) is 5.91 Å². The first-order valence-corrected chi connectivity index (χ1v) is 8.42. The van der Waals surface area contributed by atoms with Crippen LogP contribution in [0.25, 0.3) is 0 Å². The van der Waals surface area contributed by atoms with Crippen LogP contribution in [-0.4, -0.2) is 26.1 Å². The van der Waals surface area contributed by atoms with E-state index in [1.54, 1.807) is 25.3 Å². The third-order valence-electron chi connectivity index (χ3n) is 3.42. The average molecular weight is 367 g/mol. The summed E-state index contributed by atoms with van der Waals surface area (Å²) in [4.78, 5) is 11.9. The molecule has 128 valence electrons. The van der Waals surface area contributed by atoms with Crippen molar-refractivity contribution in [3.05, 3.63) is 58.1 Å². The van der Waals surface area contributed by atoms with E-state index in [1.807, 2.05) is 24.3 Å². The molecule has 24 heavy (non-hydrogen) atoms. The molecule has 0 spiro atoms. The summed E-state index contributed by atoms with van der Waals surface area (Å²) in [5.74, 6) is 0.773. The Balaban J connectivity index is 1.65. The van der Waals surface area contributed by atoms with Gasteiger partial charge in [-0.3, -0.25) is 4.79 Å². The summed E-state index contributed by atoms with van der Waals surface area (Å²) in [6, 6.07) is 12.9. The van der Waals surface area contributed by atoms with Gasteiger partial charge in [-0.05, 0) is 48.9 Å². The van der Waals surface area contributed by atoms with Gasteiger partial charge in [0.2, 0.25) is 5.91 Å². The average Bonchev–Trinajstić information content (AvgIpc) is 2.54. The maximum absolute atomic E-state index is 11.9. The molecule has 0 radical (unpaired) electrons. The van der Waals surface area contributed by atoms with Gasteiger partial charge in [0.15, 0.2) is 0 Å². The number of rotatable bonds is 8. The minimum Gasteiger partial charge on any atom is -0.497 e. The number of ether oxygens (including phenoxy) is 1. The zero-order valence-electron chi connectivity index (χ0n) is 13.4. The lowest BCUT2D eigenvalue weighted by atomic mass is 10.1. The molecule has 0 aliphatic heterocycles. The molecule has 0 aromatic heterocycles. The molecule has 0 saturated carbocycles. The maximum Gasteiger partial charge on any atom is 0.225 e. The normalized spacial score (nSPS) is 10.5. The molecular weight excluding hydrogens is 347 g/mol. The lowest BCUT2D eigenvalue weighted by Gasteiger charge is -2.08. The fraction of sp³-hybridized carbons (Fsp3) is 0.278. The van der Waals surface area contributed by atoms with Crippen LogP contribution in [0.1, 0.15) is 12.0 Å². The van der Waals surface area contributed by atoms with E-state index in [0.717, 1.165) is 18.7 Å². The SMILES string of the molecule is COc1ccc(CCNCCC(=O)Nc2cc(Cl)cc(Cl)c2)cc1. The number of nitrogens with one attached hydrogen (secondary N) is 2. The van der Waals surface area contributed by atoms with Crippen LogP contribution < -0.4 is 15.4 Å². The van der Waals surface area contributed by atoms with Crippen molar-refractivity contribution in [2.45, 2.75) is 12.8 Å². The number of hydrogen-bond acceptors (Lipinski definition) is 3. The third-order valence-corrected chi connectivity index (χ3v) is 3.86. The molecular formula is C18H20Cl2N2O2. The van der Waals surface area contributed by atoms with E-state index in [9.17, 15) is 4.79 Å². The first kappa shape index (κ1) is 18.6. The lowest BCUT2D eigenvalue weighted by Crippen LogP contribution is -2.23. The van der Waals surface area contributed by atoms with E-state index in [2.05, 4.69) is 10.6 Å². The quantitative estimate of drug-likeness (QED) is 0.689. The van der Waals surface area contributed by atoms with Gasteiger partial charge in [0.05, 0.1) is 7.11 Å². The van der Waals surface area contributed by atoms with Crippen LogP contribution in [0.3, 0.4) is 0 Å². The number of amides is 1. The highest BCUT2D eigenvalue weighted by Gasteiger charge is 2.04. The summed E-state index contributed by atoms with van der Waals surface area (Å²) in [6.07, 6.45) is 1.28. The fourth-order valence-electron chi connectivity index (χ4n) is 2.20. The zero-order chi connectivity index (χ0) is 17.4. The topological polar surface area (TPSA) is 50.4 Å². The summed E-state index contributed by atoms with van der Waals surface area (Å²) in [7, 11) is 1.65. The summed E-state index contributed by atoms with van der Waals surface area (Å²) in [5, 5.41) is 7.03. The molecule has 2 N–H and O–H groups in total. The second kappa shape index (κ2) is 9.52. The monoisotopic (exact) mass is 366 g/mol. The summed E-state index contributed by atoms with van der Waals surface area (Å²) < 4.78 is 5.13. The lowest BCUT2D eigenvalue weighted by molar-refractivity contribution is -0.116. The smallest absolute Gasteiger partial charge is 0.225 e. The largest absolute Gasteiger partial charge is 0.497 e. The highest BCUT2D eigenvalue weighted by molar-refractivity contribution is 6.35. The highest BCUT2D eigenvalue weighted by atomic mass is 35.5. The van der Waals surface area contributed by atoms with Crippen LogP contribution in [0, 0.1) is 0 Å². The van der Waals surface area contributed by atoms with Gasteiger partial charge < -0.3 is 15.4 Å². The van der Waals surface area contributed by atoms with Gasteiger partial charge >= 0.3 is 0 Å². The number of carbonyl (C=O) groups is 1. The first-order valence-electron chi connectivity index (χ1n) is 7.66. The number of hydrogen-bond donors (Lipinski definition) is 2. The summed E-state index contributed by atoms with van der Waals surface area (Å²) in [5.41, 5.74) is 1.83. The Labute approximate surface area is 152 Å². The molecule has 4 nitrogen and oxygen atoms in total. The van der Waals surface area contributed by atoms with Gasteiger partial charge in [-0.2, -0.15) is 0 Å². The van der Waals surface area contributed by atoms with Crippen LogP contribution in [-0.2, 0) is 11.2 Å². The minimum absolute atomic E-state index is 0.0784. The summed E-state index contributed by atoms with van der Waals surface area (Å²) in [6.45, 7) is 1.42. The number of methoxy groups -OCH3 is 1. The van der Waals surface area contributed by atoms with E-state index in [1.165, 1.54) is 5.56 Å². The Morgan fingerprint density at radius 3 is 2.33 bits per heavy atom. The van der Waals surface area contributed by atoms with Gasteiger partial charge in [0.25, 0.3) is 0 Å². The molecule has 0 fully saturated rings. The van der Waals surface area contributed by atoms with Crippen molar-refractivity contribution in [2.24, 2.45) is 0 Å². The number of halogens is 2. The van der Waals surface area contributed by atoms with Crippen LogP contribution in [0.4, 0.5) is 5.69 Å². The Bertz CT molecular complexity index is 655. The molecule has 2 aromatic rings. The third kappa shape index (κ3) is 6.40. The van der Waals surface area contributed by atoms with Crippen molar-refractivity contribution in [3.63, 3.8) is 0 Å². The predicted octanol–water partition coefficient (Wildman–Crippen LogP) is 4.16. The molecule has 0 unspecified atom stereocenters. The summed E-state index contributed by atoms with van der Waals surface area (Å²) >= 11 is 11.8. The Kier molecular flexibility index (Phi) is 7.37. The number of carbonyl (C=O) groups excluding carboxylic acids is 1. The first-order chi connectivity index (χ1) is 11.6. The van der Waals surface area contributed by atoms with Gasteiger partial charge in [0, 0.05) is 28.7 Å². The van der Waals surface area contributed by atoms with Crippen molar-refractivity contribution in [1.29, 1.82) is 0 Å². The van der Waals surface area contributed by atoms with Crippen LogP contribution in [0.15, 0.2) is 42.5 Å². The predicted molar refractivity (Wildman–Crippen MR) is 99.3 cm³/mol. The molecule has 6 heteroatoms. The Morgan fingerprint density at radius 1 is 1.04 bits per heavy atom. The van der Waals surface area contributed by atoms with E-state index in [0.29, 0.717) is 28.7 Å². The zero-order valence-corrected chi connectivity index (χ0v) is 15.0. The molecule has 0 bridgehead atoms. The van der Waals surface area contributed by atoms with Crippen molar-refractivity contribution in [1.82, 2.24) is 5.32 Å². The van der Waals surface area contributed by atoms with Gasteiger partial charge in [-0.15, -0.1) is 0 Å². The van der Waals surface area contributed by atoms with Gasteiger partial charge in [-0.1, -0.05) is 35.3 Å². The minimum atomic E-state index is -0.0784. The van der Waals surface area contributed by atoms with Crippen molar-refractivity contribution < 1.29 is 9.53 Å². The molecule has 0 saturated heterocycles. The molecule has 1 amide bonds. The van der Waals surface area contributed by atoms with Crippen molar-refractivity contribution in [2.75, 3.05) is 25.5 Å². The molecule has 2 rings (SSSR count). The van der Waals surface area contributed by atoms with Crippen molar-refractivity contribution in [3.8, 4) is 5.75 Å². The van der Waals surface area contributed by atoms with Crippen molar-refractivity contribution >= 4 is 34.8 Å². The Morgan fingerprint density at radius 2 is 1.71 bits per heavy atom. The number of benzene rings is 2. The van der Waals surface area contributed by atoms with Crippen LogP contribution in [0.5, 0.6) is 5.75 Å². The second-order valence-corrected chi connectivity index (χ2v) is 6.18. The second-order valence-electron chi connectivity index (χ2n) is 5.30. The number of anilines is 1. The molecule has 0 atom stereocenters. The highest BCUT2D eigenvalue weighted by Crippen LogP contribution is 2.22. The van der Waals surface area contributed by atoms with Crippen LogP contribution in [0.2, 0.25) is 10.0 Å². The standard InChI is InChI=1S/C18H20Cl2N2O2/c1-24-17-4-2-13(3-5-17)6-8-21-9-7-18(23)22-16-11-14(19)10-15(20)12-16/h2-5,10-12,21H,6-9H2,1H3,(H,22,23). The fourth-order valence-corrected chi connectivity index (χ4v) is 2.73. The molecule has 2 aromatic carbocycles. The molecule has 0 aliphatic carbocycles. The van der Waals surface area contributed by atoms with Gasteiger partial charge in [-0.25, -0.2) is 0 Å². The molecule has 0 heterocycles. The Hall–Kier alpha value is -1.75. The van der Waals surface area contributed by atoms with Gasteiger partial charge in [0.1, 0.15) is 5.75 Å². The van der Waals surface area contributed by atoms with E-state index >= 15 is 0 Å².